The number of nitrogen functional groups attached to an aromatic ring is 1. The lowest BCUT2D eigenvalue weighted by atomic mass is 10.1. The molecule has 110 valence electrons. The third-order valence-corrected chi connectivity index (χ3v) is 3.32. The maximum atomic E-state index is 11.6. The molecule has 3 N–H and O–H groups in total. The highest BCUT2D eigenvalue weighted by Crippen LogP contribution is 2.24. The first-order valence-corrected chi connectivity index (χ1v) is 6.80. The van der Waals surface area contributed by atoms with E-state index in [-0.39, 0.29) is 0 Å². The number of hydrogen-bond donors (Lipinski definition) is 2. The Morgan fingerprint density at radius 1 is 1.33 bits per heavy atom. The zero-order valence-corrected chi connectivity index (χ0v) is 12.2. The second-order valence-corrected chi connectivity index (χ2v) is 4.57. The molecule has 0 aliphatic carbocycles. The Bertz CT molecular complexity index is 641. The number of nitrogens with one attached hydrogen (secondary N) is 1. The van der Waals surface area contributed by atoms with Gasteiger partial charge in [0.05, 0.1) is 36.3 Å². The molecule has 0 aliphatic heterocycles. The van der Waals surface area contributed by atoms with Gasteiger partial charge in [0.25, 0.3) is 0 Å². The number of carbonyl (C=O) groups is 1. The van der Waals surface area contributed by atoms with Crippen molar-refractivity contribution in [3.8, 4) is 0 Å². The number of rotatable bonds is 5. The second-order valence-electron chi connectivity index (χ2n) is 4.57. The lowest BCUT2D eigenvalue weighted by Crippen LogP contribution is -2.10. The van der Waals surface area contributed by atoms with Crippen molar-refractivity contribution in [3.05, 3.63) is 53.3 Å². The number of methoxy groups -OCH3 is 1. The third kappa shape index (κ3) is 3.31. The van der Waals surface area contributed by atoms with Gasteiger partial charge in [0.2, 0.25) is 0 Å². The Morgan fingerprint density at radius 3 is 2.86 bits per heavy atom. The molecule has 21 heavy (non-hydrogen) atoms. The minimum Gasteiger partial charge on any atom is -0.465 e. The molecule has 0 saturated carbocycles. The molecule has 0 bridgehead atoms. The molecular weight excluding hydrogens is 266 g/mol. The van der Waals surface area contributed by atoms with Gasteiger partial charge in [0, 0.05) is 6.20 Å². The smallest absolute Gasteiger partial charge is 0.340 e. The van der Waals surface area contributed by atoms with Crippen LogP contribution < -0.4 is 11.1 Å². The Kier molecular flexibility index (Phi) is 4.77. The SMILES string of the molecule is CCc1cccnc1CNc1cccc(C(=O)OC)c1N. The van der Waals surface area contributed by atoms with E-state index in [2.05, 4.69) is 23.3 Å². The normalized spacial score (nSPS) is 10.2. The molecule has 1 aromatic carbocycles. The molecule has 2 aromatic rings. The van der Waals surface area contributed by atoms with Gasteiger partial charge in [-0.2, -0.15) is 0 Å². The Hall–Kier alpha value is -2.56. The van der Waals surface area contributed by atoms with E-state index in [0.29, 0.717) is 23.5 Å². The lowest BCUT2D eigenvalue weighted by Gasteiger charge is -2.13. The maximum Gasteiger partial charge on any atom is 0.340 e. The summed E-state index contributed by atoms with van der Waals surface area (Å²) in [4.78, 5) is 16.0. The number of carbonyl (C=O) groups excluding carboxylic acids is 1. The van der Waals surface area contributed by atoms with Crippen molar-refractivity contribution in [1.82, 2.24) is 4.98 Å². The van der Waals surface area contributed by atoms with Crippen molar-refractivity contribution in [2.45, 2.75) is 19.9 Å². The zero-order valence-electron chi connectivity index (χ0n) is 12.2. The van der Waals surface area contributed by atoms with E-state index >= 15 is 0 Å². The highest BCUT2D eigenvalue weighted by atomic mass is 16.5. The van der Waals surface area contributed by atoms with Gasteiger partial charge in [0.15, 0.2) is 0 Å². The third-order valence-electron chi connectivity index (χ3n) is 3.32. The predicted octanol–water partition coefficient (Wildman–Crippen LogP) is 2.62. The highest BCUT2D eigenvalue weighted by Gasteiger charge is 2.12. The van der Waals surface area contributed by atoms with Crippen LogP contribution in [0.5, 0.6) is 0 Å². The van der Waals surface area contributed by atoms with E-state index in [9.17, 15) is 4.79 Å². The van der Waals surface area contributed by atoms with E-state index in [0.717, 1.165) is 12.1 Å². The number of esters is 1. The first-order chi connectivity index (χ1) is 10.2. The number of hydrogen-bond acceptors (Lipinski definition) is 5. The van der Waals surface area contributed by atoms with Gasteiger partial charge in [-0.15, -0.1) is 0 Å². The first-order valence-electron chi connectivity index (χ1n) is 6.80. The summed E-state index contributed by atoms with van der Waals surface area (Å²) in [5.41, 5.74) is 9.62. The van der Waals surface area contributed by atoms with Crippen LogP contribution in [0.3, 0.4) is 0 Å². The lowest BCUT2D eigenvalue weighted by molar-refractivity contribution is 0.0602. The van der Waals surface area contributed by atoms with Gasteiger partial charge in [-0.1, -0.05) is 19.1 Å². The number of pyridine rings is 1. The molecule has 0 atom stereocenters. The summed E-state index contributed by atoms with van der Waals surface area (Å²) in [6.45, 7) is 2.64. The van der Waals surface area contributed by atoms with E-state index in [1.54, 1.807) is 18.3 Å². The van der Waals surface area contributed by atoms with Gasteiger partial charge in [0.1, 0.15) is 0 Å². The summed E-state index contributed by atoms with van der Waals surface area (Å²) in [7, 11) is 1.34. The molecule has 5 heteroatoms. The average molecular weight is 285 g/mol. The number of aryl methyl sites for hydroxylation is 1. The standard InChI is InChI=1S/C16H19N3O2/c1-3-11-6-5-9-18-14(11)10-19-13-8-4-7-12(15(13)17)16(20)21-2/h4-9,19H,3,10,17H2,1-2H3. The molecule has 0 amide bonds. The number of nitrogens with two attached hydrogens (primary N) is 1. The molecule has 0 radical (unpaired) electrons. The average Bonchev–Trinajstić information content (AvgIpc) is 2.53. The van der Waals surface area contributed by atoms with Crippen LogP contribution in [0.25, 0.3) is 0 Å². The molecule has 0 spiro atoms. The monoisotopic (exact) mass is 285 g/mol. The quantitative estimate of drug-likeness (QED) is 0.652. The minimum atomic E-state index is -0.441. The van der Waals surface area contributed by atoms with Crippen molar-refractivity contribution in [2.24, 2.45) is 0 Å². The Labute approximate surface area is 124 Å². The van der Waals surface area contributed by atoms with Crippen LogP contribution in [0.15, 0.2) is 36.5 Å². The summed E-state index contributed by atoms with van der Waals surface area (Å²) in [5.74, 6) is -0.441. The van der Waals surface area contributed by atoms with Gasteiger partial charge < -0.3 is 15.8 Å². The predicted molar refractivity (Wildman–Crippen MR) is 83.1 cm³/mol. The van der Waals surface area contributed by atoms with E-state index in [1.165, 1.54) is 12.7 Å². The van der Waals surface area contributed by atoms with Crippen molar-refractivity contribution in [3.63, 3.8) is 0 Å². The topological polar surface area (TPSA) is 77.2 Å². The van der Waals surface area contributed by atoms with Crippen LogP contribution >= 0.6 is 0 Å². The van der Waals surface area contributed by atoms with Crippen LogP contribution in [0.2, 0.25) is 0 Å². The van der Waals surface area contributed by atoms with Crippen LogP contribution in [0.4, 0.5) is 11.4 Å². The fourth-order valence-corrected chi connectivity index (χ4v) is 2.14. The van der Waals surface area contributed by atoms with E-state index in [4.69, 9.17) is 10.5 Å². The number of nitrogens with zero attached hydrogens (tertiary/aromatic N) is 1. The summed E-state index contributed by atoms with van der Waals surface area (Å²) >= 11 is 0. The van der Waals surface area contributed by atoms with Crippen LogP contribution in [0, 0.1) is 0 Å². The number of ether oxygens (including phenoxy) is 1. The number of benzene rings is 1. The van der Waals surface area contributed by atoms with Gasteiger partial charge >= 0.3 is 5.97 Å². The Morgan fingerprint density at radius 2 is 2.14 bits per heavy atom. The van der Waals surface area contributed by atoms with Crippen molar-refractivity contribution in [2.75, 3.05) is 18.2 Å². The van der Waals surface area contributed by atoms with Gasteiger partial charge in [-0.3, -0.25) is 4.98 Å². The molecule has 1 heterocycles. The van der Waals surface area contributed by atoms with Crippen LogP contribution in [-0.2, 0) is 17.7 Å². The Balaban J connectivity index is 2.19. The molecule has 2 rings (SSSR count). The van der Waals surface area contributed by atoms with Crippen molar-refractivity contribution >= 4 is 17.3 Å². The van der Waals surface area contributed by atoms with Crippen LogP contribution in [0.1, 0.15) is 28.5 Å². The summed E-state index contributed by atoms with van der Waals surface area (Å²) in [5, 5.41) is 3.23. The van der Waals surface area contributed by atoms with Gasteiger partial charge in [-0.05, 0) is 30.2 Å². The number of anilines is 2. The second kappa shape index (κ2) is 6.74. The fraction of sp³-hybridized carbons (Fsp3) is 0.250. The largest absolute Gasteiger partial charge is 0.465 e. The van der Waals surface area contributed by atoms with Gasteiger partial charge in [-0.25, -0.2) is 4.79 Å². The summed E-state index contributed by atoms with van der Waals surface area (Å²) in [6.07, 6.45) is 2.69. The summed E-state index contributed by atoms with van der Waals surface area (Å²) < 4.78 is 4.71. The molecule has 1 aromatic heterocycles. The van der Waals surface area contributed by atoms with E-state index in [1.807, 2.05) is 12.1 Å². The van der Waals surface area contributed by atoms with E-state index < -0.39 is 5.97 Å². The first kappa shape index (κ1) is 14.8. The molecular formula is C16H19N3O2. The molecule has 0 saturated heterocycles. The molecule has 0 fully saturated rings. The molecule has 0 aliphatic rings. The zero-order chi connectivity index (χ0) is 15.2. The number of aromatic nitrogens is 1. The maximum absolute atomic E-state index is 11.6. The molecule has 5 nitrogen and oxygen atoms in total. The summed E-state index contributed by atoms with van der Waals surface area (Å²) in [6, 6.07) is 9.22. The van der Waals surface area contributed by atoms with Crippen molar-refractivity contribution in [1.29, 1.82) is 0 Å². The molecule has 0 unspecified atom stereocenters. The number of para-hydroxylation sites is 1. The highest BCUT2D eigenvalue weighted by molar-refractivity contribution is 5.98. The van der Waals surface area contributed by atoms with Crippen LogP contribution in [-0.4, -0.2) is 18.1 Å². The fourth-order valence-electron chi connectivity index (χ4n) is 2.14. The minimum absolute atomic E-state index is 0.360. The van der Waals surface area contributed by atoms with Crippen molar-refractivity contribution < 1.29 is 9.53 Å².